The third-order valence-electron chi connectivity index (χ3n) is 2.36. The first-order valence-electron chi connectivity index (χ1n) is 5.30. The molecule has 0 bridgehead atoms. The van der Waals surface area contributed by atoms with Crippen molar-refractivity contribution in [3.05, 3.63) is 35.6 Å². The average molecular weight is 222 g/mol. The highest BCUT2D eigenvalue weighted by molar-refractivity contribution is 5.79. The highest BCUT2D eigenvalue weighted by Gasteiger charge is 2.21. The molecule has 0 amide bonds. The molecule has 4 N–H and O–H groups in total. The molecule has 4 nitrogen and oxygen atoms in total. The maximum atomic E-state index is 12.9. The monoisotopic (exact) mass is 222 g/mol. The van der Waals surface area contributed by atoms with Crippen molar-refractivity contribution in [3.63, 3.8) is 0 Å². The summed E-state index contributed by atoms with van der Waals surface area (Å²) in [5.74, 6) is 5.64. The van der Waals surface area contributed by atoms with Crippen LogP contribution in [0.25, 0.3) is 0 Å². The Morgan fingerprint density at radius 3 is 2.94 bits per heavy atom. The summed E-state index contributed by atoms with van der Waals surface area (Å²) in [5.41, 5.74) is 3.33. The Hall–Kier alpha value is -1.62. The number of nitrogens with one attached hydrogen (secondary N) is 2. The van der Waals surface area contributed by atoms with Crippen molar-refractivity contribution in [2.75, 3.05) is 0 Å². The van der Waals surface area contributed by atoms with Gasteiger partial charge in [-0.25, -0.2) is 15.2 Å². The van der Waals surface area contributed by atoms with Crippen LogP contribution in [0.1, 0.15) is 18.4 Å². The molecule has 0 aliphatic heterocycles. The van der Waals surface area contributed by atoms with Crippen LogP contribution in [0.2, 0.25) is 0 Å². The first-order chi connectivity index (χ1) is 7.78. The molecule has 0 saturated heterocycles. The summed E-state index contributed by atoms with van der Waals surface area (Å²) < 4.78 is 12.9. The quantitative estimate of drug-likeness (QED) is 0.308. The van der Waals surface area contributed by atoms with E-state index < -0.39 is 0 Å². The van der Waals surface area contributed by atoms with E-state index in [0.717, 1.165) is 18.4 Å². The first kappa shape index (κ1) is 10.9. The Morgan fingerprint density at radius 2 is 2.31 bits per heavy atom. The zero-order chi connectivity index (χ0) is 11.4. The van der Waals surface area contributed by atoms with E-state index in [4.69, 9.17) is 5.84 Å². The second-order valence-corrected chi connectivity index (χ2v) is 3.86. The number of hydrogen-bond donors (Lipinski definition) is 3. The molecule has 16 heavy (non-hydrogen) atoms. The molecule has 0 radical (unpaired) electrons. The van der Waals surface area contributed by atoms with Crippen molar-refractivity contribution < 1.29 is 4.39 Å². The summed E-state index contributed by atoms with van der Waals surface area (Å²) in [7, 11) is 0. The molecule has 1 saturated carbocycles. The molecule has 1 fully saturated rings. The second-order valence-electron chi connectivity index (χ2n) is 3.86. The van der Waals surface area contributed by atoms with Crippen molar-refractivity contribution in [3.8, 4) is 0 Å². The van der Waals surface area contributed by atoms with E-state index in [0.29, 0.717) is 18.5 Å². The maximum absolute atomic E-state index is 12.9. The highest BCUT2D eigenvalue weighted by Crippen LogP contribution is 2.18. The molecule has 0 aromatic heterocycles. The summed E-state index contributed by atoms with van der Waals surface area (Å²) in [6.45, 7) is 0.414. The molecule has 2 rings (SSSR count). The molecule has 1 aliphatic rings. The normalized spacial score (nSPS) is 16.0. The van der Waals surface area contributed by atoms with Gasteiger partial charge in [0.1, 0.15) is 5.82 Å². The molecule has 0 atom stereocenters. The molecule has 5 heteroatoms. The largest absolute Gasteiger partial charge is 0.353 e. The Labute approximate surface area is 93.7 Å². The summed E-state index contributed by atoms with van der Waals surface area (Å²) in [6, 6.07) is 6.87. The van der Waals surface area contributed by atoms with Gasteiger partial charge in [-0.05, 0) is 30.5 Å². The number of benzene rings is 1. The minimum absolute atomic E-state index is 0.245. The molecule has 1 aromatic rings. The summed E-state index contributed by atoms with van der Waals surface area (Å²) >= 11 is 0. The number of hydrazine groups is 1. The van der Waals surface area contributed by atoms with Gasteiger partial charge in [0.2, 0.25) is 5.96 Å². The van der Waals surface area contributed by atoms with Gasteiger partial charge in [0.25, 0.3) is 0 Å². The van der Waals surface area contributed by atoms with E-state index in [9.17, 15) is 4.39 Å². The van der Waals surface area contributed by atoms with Crippen molar-refractivity contribution in [1.82, 2.24) is 10.7 Å². The Bertz CT molecular complexity index is 387. The molecule has 0 heterocycles. The molecular weight excluding hydrogens is 207 g/mol. The lowest BCUT2D eigenvalue weighted by molar-refractivity contribution is 0.625. The van der Waals surface area contributed by atoms with Gasteiger partial charge in [0.05, 0.1) is 6.54 Å². The van der Waals surface area contributed by atoms with E-state index in [-0.39, 0.29) is 5.82 Å². The van der Waals surface area contributed by atoms with Crippen LogP contribution in [0.15, 0.2) is 29.3 Å². The number of aliphatic imine (C=N–C) groups is 1. The summed E-state index contributed by atoms with van der Waals surface area (Å²) in [6.07, 6.45) is 2.31. The van der Waals surface area contributed by atoms with E-state index in [1.54, 1.807) is 6.07 Å². The highest BCUT2D eigenvalue weighted by atomic mass is 19.1. The number of nitrogens with zero attached hydrogens (tertiary/aromatic N) is 1. The van der Waals surface area contributed by atoms with Gasteiger partial charge >= 0.3 is 0 Å². The number of rotatable bonds is 3. The third kappa shape index (κ3) is 3.20. The van der Waals surface area contributed by atoms with Gasteiger partial charge in [-0.3, -0.25) is 5.43 Å². The SMILES string of the molecule is NNC(=NCc1cccc(F)c1)NC1CC1. The summed E-state index contributed by atoms with van der Waals surface area (Å²) in [5, 5.41) is 3.15. The molecule has 0 unspecified atom stereocenters. The maximum Gasteiger partial charge on any atom is 0.206 e. The molecule has 1 aromatic carbocycles. The van der Waals surface area contributed by atoms with E-state index in [2.05, 4.69) is 15.7 Å². The average Bonchev–Trinajstić information content (AvgIpc) is 3.08. The van der Waals surface area contributed by atoms with Crippen LogP contribution in [-0.2, 0) is 6.54 Å². The van der Waals surface area contributed by atoms with Gasteiger partial charge in [0.15, 0.2) is 0 Å². The smallest absolute Gasteiger partial charge is 0.206 e. The Morgan fingerprint density at radius 1 is 1.50 bits per heavy atom. The lowest BCUT2D eigenvalue weighted by Crippen LogP contribution is -2.42. The van der Waals surface area contributed by atoms with Crippen molar-refractivity contribution in [1.29, 1.82) is 0 Å². The first-order valence-corrected chi connectivity index (χ1v) is 5.30. The van der Waals surface area contributed by atoms with Crippen LogP contribution in [-0.4, -0.2) is 12.0 Å². The third-order valence-corrected chi connectivity index (χ3v) is 2.36. The predicted molar refractivity (Wildman–Crippen MR) is 61.0 cm³/mol. The van der Waals surface area contributed by atoms with Crippen LogP contribution in [0.3, 0.4) is 0 Å². The van der Waals surface area contributed by atoms with Gasteiger partial charge < -0.3 is 5.32 Å². The van der Waals surface area contributed by atoms with Gasteiger partial charge in [0, 0.05) is 6.04 Å². The van der Waals surface area contributed by atoms with E-state index in [1.165, 1.54) is 12.1 Å². The number of guanidine groups is 1. The molecule has 0 spiro atoms. The summed E-state index contributed by atoms with van der Waals surface area (Å²) in [4.78, 5) is 4.24. The lowest BCUT2D eigenvalue weighted by Gasteiger charge is -2.07. The number of hydrogen-bond acceptors (Lipinski definition) is 2. The molecule has 86 valence electrons. The Kier molecular flexibility index (Phi) is 3.36. The fourth-order valence-corrected chi connectivity index (χ4v) is 1.36. The van der Waals surface area contributed by atoms with Crippen LogP contribution < -0.4 is 16.6 Å². The molecule has 1 aliphatic carbocycles. The van der Waals surface area contributed by atoms with Crippen molar-refractivity contribution in [2.45, 2.75) is 25.4 Å². The van der Waals surface area contributed by atoms with Gasteiger partial charge in [-0.2, -0.15) is 0 Å². The van der Waals surface area contributed by atoms with E-state index >= 15 is 0 Å². The van der Waals surface area contributed by atoms with Crippen molar-refractivity contribution in [2.24, 2.45) is 10.8 Å². The van der Waals surface area contributed by atoms with Crippen LogP contribution in [0, 0.1) is 5.82 Å². The Balaban J connectivity index is 1.94. The fourth-order valence-electron chi connectivity index (χ4n) is 1.36. The zero-order valence-corrected chi connectivity index (χ0v) is 8.91. The van der Waals surface area contributed by atoms with Crippen molar-refractivity contribution >= 4 is 5.96 Å². The minimum Gasteiger partial charge on any atom is -0.353 e. The van der Waals surface area contributed by atoms with Crippen LogP contribution in [0.4, 0.5) is 4.39 Å². The number of nitrogens with two attached hydrogens (primary N) is 1. The van der Waals surface area contributed by atoms with E-state index in [1.807, 2.05) is 6.07 Å². The number of halogens is 1. The standard InChI is InChI=1S/C11H15FN4/c12-9-3-1-2-8(6-9)7-14-11(16-13)15-10-4-5-10/h1-3,6,10H,4-5,7,13H2,(H2,14,15,16). The lowest BCUT2D eigenvalue weighted by atomic mass is 10.2. The predicted octanol–water partition coefficient (Wildman–Crippen LogP) is 0.897. The van der Waals surface area contributed by atoms with Gasteiger partial charge in [-0.15, -0.1) is 0 Å². The topological polar surface area (TPSA) is 62.4 Å². The fraction of sp³-hybridized carbons (Fsp3) is 0.364. The zero-order valence-electron chi connectivity index (χ0n) is 8.91. The van der Waals surface area contributed by atoms with Crippen LogP contribution >= 0.6 is 0 Å². The van der Waals surface area contributed by atoms with Crippen LogP contribution in [0.5, 0.6) is 0 Å². The molecular formula is C11H15FN4. The second kappa shape index (κ2) is 4.94. The minimum atomic E-state index is -0.245. The van der Waals surface area contributed by atoms with Gasteiger partial charge in [-0.1, -0.05) is 12.1 Å².